The third kappa shape index (κ3) is 7.27. The molecule has 0 unspecified atom stereocenters. The fraction of sp³-hybridized carbons (Fsp3) is 0.375. The van der Waals surface area contributed by atoms with Gasteiger partial charge in [0.1, 0.15) is 18.3 Å². The lowest BCUT2D eigenvalue weighted by molar-refractivity contribution is -0.140. The Balaban J connectivity index is 1.73. The van der Waals surface area contributed by atoms with Crippen LogP contribution in [0.1, 0.15) is 50.2 Å². The Morgan fingerprint density at radius 3 is 2.22 bits per heavy atom. The fourth-order valence-corrected chi connectivity index (χ4v) is 6.69. The van der Waals surface area contributed by atoms with Crippen molar-refractivity contribution in [2.45, 2.75) is 69.5 Å². The van der Waals surface area contributed by atoms with Gasteiger partial charge < -0.3 is 15.0 Å². The van der Waals surface area contributed by atoms with Crippen molar-refractivity contribution >= 4 is 27.5 Å². The number of carbonyl (C=O) groups excluding carboxylic acids is 2. The van der Waals surface area contributed by atoms with Crippen LogP contribution >= 0.6 is 0 Å². The number of nitrogens with zero attached hydrogens (tertiary/aromatic N) is 2. The SMILES string of the molecule is CC[C@@H](C(=O)NC1CCCC1)N(Cc1ccc(C)cc1)C(=O)CN(c1ccccc1OC)S(=O)(=O)c1ccccc1. The molecule has 3 aromatic rings. The summed E-state index contributed by atoms with van der Waals surface area (Å²) in [5.41, 5.74) is 2.17. The number of hydrogen-bond donors (Lipinski definition) is 1. The highest BCUT2D eigenvalue weighted by molar-refractivity contribution is 7.92. The van der Waals surface area contributed by atoms with Crippen molar-refractivity contribution in [3.63, 3.8) is 0 Å². The molecular weight excluding hydrogens is 538 g/mol. The molecule has 1 aliphatic rings. The highest BCUT2D eigenvalue weighted by Crippen LogP contribution is 2.32. The van der Waals surface area contributed by atoms with E-state index < -0.39 is 28.5 Å². The molecular formula is C32H39N3O5S. The maximum atomic E-state index is 14.2. The summed E-state index contributed by atoms with van der Waals surface area (Å²) in [4.78, 5) is 29.3. The summed E-state index contributed by atoms with van der Waals surface area (Å²) in [6.07, 6.45) is 4.37. The number of sulfonamides is 1. The molecule has 1 saturated carbocycles. The molecule has 4 rings (SSSR count). The molecule has 1 aliphatic carbocycles. The first kappa shape index (κ1) is 30.1. The van der Waals surface area contributed by atoms with Crippen LogP contribution in [0.3, 0.4) is 0 Å². The van der Waals surface area contributed by atoms with E-state index in [0.717, 1.165) is 41.1 Å². The first-order valence-electron chi connectivity index (χ1n) is 14.1. The number of amides is 2. The van der Waals surface area contributed by atoms with E-state index in [1.165, 1.54) is 24.1 Å². The molecule has 0 radical (unpaired) electrons. The smallest absolute Gasteiger partial charge is 0.264 e. The normalized spacial score (nSPS) is 14.3. The number of para-hydroxylation sites is 2. The number of rotatable bonds is 12. The number of benzene rings is 3. The Morgan fingerprint density at radius 1 is 0.951 bits per heavy atom. The van der Waals surface area contributed by atoms with Crippen LogP contribution in [0.15, 0.2) is 83.8 Å². The molecule has 0 saturated heterocycles. The topological polar surface area (TPSA) is 96.0 Å². The average molecular weight is 578 g/mol. The van der Waals surface area contributed by atoms with Gasteiger partial charge in [0.25, 0.3) is 10.0 Å². The van der Waals surface area contributed by atoms with Crippen molar-refractivity contribution in [2.24, 2.45) is 0 Å². The summed E-state index contributed by atoms with van der Waals surface area (Å²) in [5.74, 6) is -0.380. The van der Waals surface area contributed by atoms with E-state index in [1.54, 1.807) is 42.5 Å². The van der Waals surface area contributed by atoms with E-state index in [1.807, 2.05) is 38.1 Å². The molecule has 218 valence electrons. The van der Waals surface area contributed by atoms with Gasteiger partial charge in [0.15, 0.2) is 0 Å². The first-order valence-corrected chi connectivity index (χ1v) is 15.5. The fourth-order valence-electron chi connectivity index (χ4n) is 5.25. The van der Waals surface area contributed by atoms with Crippen LogP contribution < -0.4 is 14.4 Å². The zero-order valence-corrected chi connectivity index (χ0v) is 24.8. The van der Waals surface area contributed by atoms with Gasteiger partial charge in [-0.25, -0.2) is 8.42 Å². The maximum Gasteiger partial charge on any atom is 0.264 e. The molecule has 1 fully saturated rings. The lowest BCUT2D eigenvalue weighted by Gasteiger charge is -2.34. The van der Waals surface area contributed by atoms with Crippen molar-refractivity contribution < 1.29 is 22.7 Å². The maximum absolute atomic E-state index is 14.2. The van der Waals surface area contributed by atoms with Crippen molar-refractivity contribution in [3.05, 3.63) is 90.0 Å². The zero-order chi connectivity index (χ0) is 29.4. The Bertz CT molecular complexity index is 1420. The van der Waals surface area contributed by atoms with Gasteiger partial charge in [0.05, 0.1) is 17.7 Å². The summed E-state index contributed by atoms with van der Waals surface area (Å²) >= 11 is 0. The number of carbonyl (C=O) groups is 2. The minimum Gasteiger partial charge on any atom is -0.495 e. The third-order valence-electron chi connectivity index (χ3n) is 7.52. The van der Waals surface area contributed by atoms with Gasteiger partial charge >= 0.3 is 0 Å². The van der Waals surface area contributed by atoms with Crippen molar-refractivity contribution in [1.29, 1.82) is 0 Å². The molecule has 41 heavy (non-hydrogen) atoms. The van der Waals surface area contributed by atoms with Gasteiger partial charge in [-0.3, -0.25) is 13.9 Å². The van der Waals surface area contributed by atoms with Gasteiger partial charge in [0.2, 0.25) is 11.8 Å². The second-order valence-corrected chi connectivity index (χ2v) is 12.3. The predicted octanol–water partition coefficient (Wildman–Crippen LogP) is 5.07. The quantitative estimate of drug-likeness (QED) is 0.325. The summed E-state index contributed by atoms with van der Waals surface area (Å²) in [7, 11) is -2.70. The van der Waals surface area contributed by atoms with Crippen LogP contribution in [0.2, 0.25) is 0 Å². The second-order valence-electron chi connectivity index (χ2n) is 10.4. The number of methoxy groups -OCH3 is 1. The summed E-state index contributed by atoms with van der Waals surface area (Å²) in [6.45, 7) is 3.51. The molecule has 9 heteroatoms. The van der Waals surface area contributed by atoms with E-state index in [-0.39, 0.29) is 29.1 Å². The highest BCUT2D eigenvalue weighted by Gasteiger charge is 2.35. The van der Waals surface area contributed by atoms with Crippen LogP contribution in [-0.4, -0.2) is 50.9 Å². The molecule has 0 spiro atoms. The van der Waals surface area contributed by atoms with Crippen LogP contribution in [0.5, 0.6) is 5.75 Å². The van der Waals surface area contributed by atoms with Crippen LogP contribution in [0, 0.1) is 6.92 Å². The van der Waals surface area contributed by atoms with Crippen molar-refractivity contribution in [3.8, 4) is 5.75 Å². The average Bonchev–Trinajstić information content (AvgIpc) is 3.50. The predicted molar refractivity (Wildman–Crippen MR) is 160 cm³/mol. The van der Waals surface area contributed by atoms with E-state index in [2.05, 4.69) is 5.32 Å². The van der Waals surface area contributed by atoms with Gasteiger partial charge in [-0.05, 0) is 56.0 Å². The Labute approximate surface area is 243 Å². The molecule has 1 atom stereocenters. The van der Waals surface area contributed by atoms with Crippen LogP contribution in [-0.2, 0) is 26.2 Å². The second kappa shape index (κ2) is 13.7. The van der Waals surface area contributed by atoms with Crippen LogP contribution in [0.25, 0.3) is 0 Å². The Kier molecular flexibility index (Phi) is 10.0. The molecule has 8 nitrogen and oxygen atoms in total. The minimum absolute atomic E-state index is 0.0507. The van der Waals surface area contributed by atoms with Gasteiger partial charge in [0, 0.05) is 12.6 Å². The lowest BCUT2D eigenvalue weighted by atomic mass is 10.1. The number of ether oxygens (including phenoxy) is 1. The molecule has 0 bridgehead atoms. The number of nitrogens with one attached hydrogen (secondary N) is 1. The first-order chi connectivity index (χ1) is 19.7. The minimum atomic E-state index is -4.16. The Morgan fingerprint density at radius 2 is 1.59 bits per heavy atom. The van der Waals surface area contributed by atoms with E-state index in [0.29, 0.717) is 12.2 Å². The molecule has 1 N–H and O–H groups in total. The van der Waals surface area contributed by atoms with Crippen molar-refractivity contribution in [2.75, 3.05) is 18.0 Å². The zero-order valence-electron chi connectivity index (χ0n) is 24.0. The number of hydrogen-bond acceptors (Lipinski definition) is 5. The molecule has 0 aliphatic heterocycles. The van der Waals surface area contributed by atoms with Crippen molar-refractivity contribution in [1.82, 2.24) is 10.2 Å². The third-order valence-corrected chi connectivity index (χ3v) is 9.30. The molecule has 0 aromatic heterocycles. The van der Waals surface area contributed by atoms with Crippen LogP contribution in [0.4, 0.5) is 5.69 Å². The number of aryl methyl sites for hydroxylation is 1. The number of anilines is 1. The molecule has 0 heterocycles. The Hall–Kier alpha value is -3.85. The molecule has 2 amide bonds. The monoisotopic (exact) mass is 577 g/mol. The largest absolute Gasteiger partial charge is 0.495 e. The van der Waals surface area contributed by atoms with E-state index >= 15 is 0 Å². The summed E-state index contributed by atoms with van der Waals surface area (Å²) in [5, 5.41) is 3.13. The molecule has 3 aromatic carbocycles. The van der Waals surface area contributed by atoms with Gasteiger partial charge in [-0.1, -0.05) is 79.9 Å². The summed E-state index contributed by atoms with van der Waals surface area (Å²) < 4.78 is 34.5. The lowest BCUT2D eigenvalue weighted by Crippen LogP contribution is -2.53. The highest BCUT2D eigenvalue weighted by atomic mass is 32.2. The standard InChI is InChI=1S/C32H39N3O5S/c1-4-28(32(37)33-26-12-8-9-13-26)34(22-25-20-18-24(2)19-21-25)31(36)23-35(29-16-10-11-17-30(29)40-3)41(38,39)27-14-6-5-7-15-27/h5-7,10-11,14-21,26,28H,4,8-9,12-13,22-23H2,1-3H3,(H,33,37)/t28-/m0/s1. The van der Waals surface area contributed by atoms with E-state index in [4.69, 9.17) is 4.74 Å². The van der Waals surface area contributed by atoms with Gasteiger partial charge in [-0.15, -0.1) is 0 Å². The summed E-state index contributed by atoms with van der Waals surface area (Å²) in [6, 6.07) is 21.8. The van der Waals surface area contributed by atoms with E-state index in [9.17, 15) is 18.0 Å². The van der Waals surface area contributed by atoms with Gasteiger partial charge in [-0.2, -0.15) is 0 Å².